The van der Waals surface area contributed by atoms with Gasteiger partial charge in [0.25, 0.3) is 5.56 Å². The minimum absolute atomic E-state index is 0.178. The van der Waals surface area contributed by atoms with Crippen molar-refractivity contribution < 1.29 is 0 Å². The Balaban J connectivity index is 2.39. The van der Waals surface area contributed by atoms with Gasteiger partial charge in [-0.3, -0.25) is 4.79 Å². The number of aryl methyl sites for hydroxylation is 1. The van der Waals surface area contributed by atoms with Crippen LogP contribution in [0.3, 0.4) is 0 Å². The molecule has 0 aliphatic carbocycles. The highest BCUT2D eigenvalue weighted by atomic mass is 35.5. The van der Waals surface area contributed by atoms with E-state index in [0.29, 0.717) is 21.0 Å². The first-order chi connectivity index (χ1) is 8.60. The molecule has 0 aromatic carbocycles. The van der Waals surface area contributed by atoms with E-state index in [-0.39, 0.29) is 5.56 Å². The molecule has 2 heterocycles. The molecule has 2 aromatic heterocycles. The molecule has 0 aliphatic rings. The van der Waals surface area contributed by atoms with Gasteiger partial charge in [-0.2, -0.15) is 0 Å². The van der Waals surface area contributed by atoms with Gasteiger partial charge in [-0.25, -0.2) is 15.0 Å². The minimum atomic E-state index is -0.178. The van der Waals surface area contributed by atoms with Crippen LogP contribution >= 0.6 is 23.4 Å². The maximum atomic E-state index is 11.4. The van der Waals surface area contributed by atoms with Crippen LogP contribution in [-0.4, -0.2) is 19.9 Å². The molecule has 0 bridgehead atoms. The zero-order valence-corrected chi connectivity index (χ0v) is 11.5. The van der Waals surface area contributed by atoms with E-state index in [2.05, 4.69) is 19.9 Å². The van der Waals surface area contributed by atoms with Gasteiger partial charge in [0, 0.05) is 17.3 Å². The average Bonchev–Trinajstić information content (AvgIpc) is 2.27. The van der Waals surface area contributed by atoms with Gasteiger partial charge < -0.3 is 4.98 Å². The fourth-order valence-electron chi connectivity index (χ4n) is 1.45. The van der Waals surface area contributed by atoms with Gasteiger partial charge in [0.1, 0.15) is 16.5 Å². The molecule has 18 heavy (non-hydrogen) atoms. The first kappa shape index (κ1) is 13.0. The highest BCUT2D eigenvalue weighted by Crippen LogP contribution is 2.28. The lowest BCUT2D eigenvalue weighted by Gasteiger charge is -2.06. The normalized spacial score (nSPS) is 10.6. The van der Waals surface area contributed by atoms with Gasteiger partial charge >= 0.3 is 0 Å². The Bertz CT molecular complexity index is 629. The molecular weight excluding hydrogens is 272 g/mol. The lowest BCUT2D eigenvalue weighted by Crippen LogP contribution is -2.08. The smallest absolute Gasteiger partial charge is 0.251 e. The van der Waals surface area contributed by atoms with Crippen LogP contribution in [0.15, 0.2) is 27.4 Å². The third kappa shape index (κ3) is 2.88. The SMILES string of the molecule is CCc1c(Cl)ncnc1Sc1nc(C)cc(=O)[nH]1. The second-order valence-corrected chi connectivity index (χ2v) is 4.93. The molecule has 0 saturated heterocycles. The minimum Gasteiger partial charge on any atom is -0.301 e. The number of nitrogens with one attached hydrogen (secondary N) is 1. The molecule has 94 valence electrons. The van der Waals surface area contributed by atoms with Crippen LogP contribution in [0.1, 0.15) is 18.2 Å². The Morgan fingerprint density at radius 3 is 2.89 bits per heavy atom. The summed E-state index contributed by atoms with van der Waals surface area (Å²) in [6.07, 6.45) is 2.12. The number of aromatic nitrogens is 4. The van der Waals surface area contributed by atoms with Gasteiger partial charge in [-0.1, -0.05) is 18.5 Å². The molecule has 0 spiro atoms. The zero-order valence-electron chi connectivity index (χ0n) is 9.90. The predicted octanol–water partition coefficient (Wildman–Crippen LogP) is 2.24. The van der Waals surface area contributed by atoms with Crippen molar-refractivity contribution in [3.8, 4) is 0 Å². The summed E-state index contributed by atoms with van der Waals surface area (Å²) in [6.45, 7) is 3.74. The average molecular weight is 283 g/mol. The molecule has 0 atom stereocenters. The molecular formula is C11H11ClN4OS. The number of hydrogen-bond acceptors (Lipinski definition) is 5. The van der Waals surface area contributed by atoms with E-state index in [9.17, 15) is 4.79 Å². The summed E-state index contributed by atoms with van der Waals surface area (Å²) < 4.78 is 0. The Morgan fingerprint density at radius 2 is 2.22 bits per heavy atom. The molecule has 0 radical (unpaired) electrons. The molecule has 7 heteroatoms. The van der Waals surface area contributed by atoms with Crippen LogP contribution in [0.25, 0.3) is 0 Å². The summed E-state index contributed by atoms with van der Waals surface area (Å²) in [4.78, 5) is 26.4. The molecule has 0 amide bonds. The van der Waals surface area contributed by atoms with E-state index in [1.165, 1.54) is 24.2 Å². The van der Waals surface area contributed by atoms with Crippen molar-refractivity contribution in [2.24, 2.45) is 0 Å². The van der Waals surface area contributed by atoms with Gasteiger partial charge in [0.15, 0.2) is 5.16 Å². The van der Waals surface area contributed by atoms with Crippen molar-refractivity contribution in [1.29, 1.82) is 0 Å². The van der Waals surface area contributed by atoms with Gasteiger partial charge in [0.2, 0.25) is 0 Å². The van der Waals surface area contributed by atoms with Crippen LogP contribution in [0, 0.1) is 6.92 Å². The van der Waals surface area contributed by atoms with Crippen molar-refractivity contribution in [2.45, 2.75) is 30.5 Å². The Labute approximate surface area is 113 Å². The van der Waals surface area contributed by atoms with Gasteiger partial charge in [0.05, 0.1) is 0 Å². The summed E-state index contributed by atoms with van der Waals surface area (Å²) in [5.74, 6) is 0. The summed E-state index contributed by atoms with van der Waals surface area (Å²) >= 11 is 7.28. The number of halogens is 1. The molecule has 0 saturated carbocycles. The molecule has 5 nitrogen and oxygen atoms in total. The molecule has 0 fully saturated rings. The van der Waals surface area contributed by atoms with E-state index in [0.717, 1.165) is 12.0 Å². The van der Waals surface area contributed by atoms with Crippen molar-refractivity contribution >= 4 is 23.4 Å². The maximum Gasteiger partial charge on any atom is 0.251 e. The van der Waals surface area contributed by atoms with Crippen LogP contribution < -0.4 is 5.56 Å². The third-order valence-electron chi connectivity index (χ3n) is 2.25. The molecule has 2 rings (SSSR count). The van der Waals surface area contributed by atoms with Gasteiger partial charge in [-0.15, -0.1) is 0 Å². The number of nitrogens with zero attached hydrogens (tertiary/aromatic N) is 3. The maximum absolute atomic E-state index is 11.4. The number of aromatic amines is 1. The lowest BCUT2D eigenvalue weighted by atomic mass is 10.3. The van der Waals surface area contributed by atoms with E-state index >= 15 is 0 Å². The standard InChI is InChI=1S/C11H11ClN4OS/c1-3-7-9(12)13-5-14-10(7)18-11-15-6(2)4-8(17)16-11/h4-5H,3H2,1-2H3,(H,15,16,17). The fourth-order valence-corrected chi connectivity index (χ4v) is 2.76. The molecule has 2 aromatic rings. The predicted molar refractivity (Wildman–Crippen MR) is 70.1 cm³/mol. The van der Waals surface area contributed by atoms with E-state index < -0.39 is 0 Å². The highest BCUT2D eigenvalue weighted by Gasteiger charge is 2.11. The van der Waals surface area contributed by atoms with Crippen molar-refractivity contribution in [3.63, 3.8) is 0 Å². The number of H-pyrrole nitrogens is 1. The monoisotopic (exact) mass is 282 g/mol. The first-order valence-corrected chi connectivity index (χ1v) is 6.54. The second kappa shape index (κ2) is 5.49. The largest absolute Gasteiger partial charge is 0.301 e. The highest BCUT2D eigenvalue weighted by molar-refractivity contribution is 7.99. The quantitative estimate of drug-likeness (QED) is 0.690. The molecule has 0 unspecified atom stereocenters. The Hall–Kier alpha value is -1.40. The van der Waals surface area contributed by atoms with Crippen LogP contribution in [0.2, 0.25) is 5.15 Å². The summed E-state index contributed by atoms with van der Waals surface area (Å²) in [5, 5.41) is 1.65. The second-order valence-electron chi connectivity index (χ2n) is 3.60. The summed E-state index contributed by atoms with van der Waals surface area (Å²) in [6, 6.07) is 1.44. The van der Waals surface area contributed by atoms with Crippen molar-refractivity contribution in [3.05, 3.63) is 39.2 Å². The summed E-state index contributed by atoms with van der Waals surface area (Å²) in [5.41, 5.74) is 1.34. The van der Waals surface area contributed by atoms with Crippen molar-refractivity contribution in [2.75, 3.05) is 0 Å². The molecule has 0 aliphatic heterocycles. The first-order valence-electron chi connectivity index (χ1n) is 5.35. The van der Waals surface area contributed by atoms with E-state index in [1.807, 2.05) is 6.92 Å². The number of hydrogen-bond donors (Lipinski definition) is 1. The van der Waals surface area contributed by atoms with Gasteiger partial charge in [-0.05, 0) is 25.1 Å². The third-order valence-corrected chi connectivity index (χ3v) is 3.51. The Kier molecular flexibility index (Phi) is 3.98. The van der Waals surface area contributed by atoms with Crippen LogP contribution in [0.4, 0.5) is 0 Å². The van der Waals surface area contributed by atoms with Crippen LogP contribution in [-0.2, 0) is 6.42 Å². The fraction of sp³-hybridized carbons (Fsp3) is 0.273. The summed E-state index contributed by atoms with van der Waals surface area (Å²) in [7, 11) is 0. The zero-order chi connectivity index (χ0) is 13.1. The van der Waals surface area contributed by atoms with E-state index in [1.54, 1.807) is 6.92 Å². The lowest BCUT2D eigenvalue weighted by molar-refractivity contribution is 0.890. The van der Waals surface area contributed by atoms with Crippen LogP contribution in [0.5, 0.6) is 0 Å². The van der Waals surface area contributed by atoms with E-state index in [4.69, 9.17) is 11.6 Å². The van der Waals surface area contributed by atoms with Crippen molar-refractivity contribution in [1.82, 2.24) is 19.9 Å². The Morgan fingerprint density at radius 1 is 1.44 bits per heavy atom. The topological polar surface area (TPSA) is 71.5 Å². The number of rotatable bonds is 3. The molecule has 1 N–H and O–H groups in total.